The van der Waals surface area contributed by atoms with E-state index >= 15 is 0 Å². The van der Waals surface area contributed by atoms with Gasteiger partial charge in [0.25, 0.3) is 11.5 Å². The Kier molecular flexibility index (Phi) is 7.84. The summed E-state index contributed by atoms with van der Waals surface area (Å²) in [6.45, 7) is 0.882. The number of pyridine rings is 1. The summed E-state index contributed by atoms with van der Waals surface area (Å²) < 4.78 is 23.9. The highest BCUT2D eigenvalue weighted by molar-refractivity contribution is 6.33. The standard InChI is InChI=1S/C21H24ClFN4O5/c1-31-17-9-27(10-18(28)32-11-12-3-2-4-13(23)7-12)6-5-16(17)25-20(29)14-8-15(22)19(24)26-21(14)30/h2-4,7-8,16-17H,5-6,9-11H2,1H3,(H,25,29)(H3,24,26,30)/t16-,17+/m0/s1. The molecular weight excluding hydrogens is 443 g/mol. The number of aromatic nitrogens is 1. The first-order chi connectivity index (χ1) is 15.3. The highest BCUT2D eigenvalue weighted by Gasteiger charge is 2.32. The minimum atomic E-state index is -0.642. The van der Waals surface area contributed by atoms with Crippen molar-refractivity contribution >= 4 is 29.3 Å². The first kappa shape index (κ1) is 23.7. The van der Waals surface area contributed by atoms with E-state index in [1.54, 1.807) is 12.1 Å². The van der Waals surface area contributed by atoms with E-state index in [0.29, 0.717) is 25.1 Å². The Morgan fingerprint density at radius 1 is 1.38 bits per heavy atom. The number of ether oxygens (including phenoxy) is 2. The van der Waals surface area contributed by atoms with E-state index in [9.17, 15) is 18.8 Å². The molecule has 172 valence electrons. The molecule has 0 radical (unpaired) electrons. The van der Waals surface area contributed by atoms with Crippen LogP contribution in [0, 0.1) is 5.82 Å². The van der Waals surface area contributed by atoms with Crippen LogP contribution in [0.4, 0.5) is 10.2 Å². The number of hydrogen-bond acceptors (Lipinski definition) is 7. The van der Waals surface area contributed by atoms with Crippen LogP contribution in [0.25, 0.3) is 0 Å². The van der Waals surface area contributed by atoms with E-state index in [0.717, 1.165) is 0 Å². The van der Waals surface area contributed by atoms with Crippen LogP contribution in [0.3, 0.4) is 0 Å². The fourth-order valence-corrected chi connectivity index (χ4v) is 3.64. The number of anilines is 1. The molecule has 2 heterocycles. The number of halogens is 2. The van der Waals surface area contributed by atoms with Crippen LogP contribution in [-0.2, 0) is 20.9 Å². The highest BCUT2D eigenvalue weighted by Crippen LogP contribution is 2.17. The predicted octanol–water partition coefficient (Wildman–Crippen LogP) is 1.31. The van der Waals surface area contributed by atoms with Crippen LogP contribution < -0.4 is 16.6 Å². The zero-order chi connectivity index (χ0) is 23.3. The molecule has 32 heavy (non-hydrogen) atoms. The molecule has 9 nitrogen and oxygen atoms in total. The molecule has 0 aliphatic carbocycles. The van der Waals surface area contributed by atoms with Crippen molar-refractivity contribution in [2.75, 3.05) is 32.5 Å². The van der Waals surface area contributed by atoms with Gasteiger partial charge in [0.05, 0.1) is 23.7 Å². The molecule has 1 aliphatic rings. The molecule has 4 N–H and O–H groups in total. The van der Waals surface area contributed by atoms with Crippen LogP contribution in [-0.4, -0.2) is 60.7 Å². The number of piperidine rings is 1. The van der Waals surface area contributed by atoms with Gasteiger partial charge < -0.3 is 25.5 Å². The monoisotopic (exact) mass is 466 g/mol. The largest absolute Gasteiger partial charge is 0.460 e. The maximum Gasteiger partial charge on any atom is 0.320 e. The SMILES string of the molecule is CO[C@@H]1CN(CC(=O)OCc2cccc(F)c2)CC[C@@H]1NC(=O)c1cc(Cl)c(N)[nH]c1=O. The quantitative estimate of drug-likeness (QED) is 0.525. The van der Waals surface area contributed by atoms with Gasteiger partial charge in [0, 0.05) is 20.2 Å². The van der Waals surface area contributed by atoms with E-state index in [4.69, 9.17) is 26.8 Å². The molecule has 1 aromatic carbocycles. The summed E-state index contributed by atoms with van der Waals surface area (Å²) in [6, 6.07) is 6.69. The number of nitrogens with one attached hydrogen (secondary N) is 2. The van der Waals surface area contributed by atoms with Gasteiger partial charge in [-0.25, -0.2) is 4.39 Å². The van der Waals surface area contributed by atoms with Crippen LogP contribution >= 0.6 is 11.6 Å². The minimum Gasteiger partial charge on any atom is -0.460 e. The lowest BCUT2D eigenvalue weighted by Gasteiger charge is -2.37. The minimum absolute atomic E-state index is 0.0134. The van der Waals surface area contributed by atoms with E-state index in [1.807, 2.05) is 4.90 Å². The summed E-state index contributed by atoms with van der Waals surface area (Å²) in [5.74, 6) is -1.45. The molecule has 3 rings (SSSR count). The number of rotatable bonds is 7. The maximum absolute atomic E-state index is 13.2. The molecule has 1 amide bonds. The lowest BCUT2D eigenvalue weighted by molar-refractivity contribution is -0.147. The van der Waals surface area contributed by atoms with Gasteiger partial charge in [-0.1, -0.05) is 23.7 Å². The molecule has 2 atom stereocenters. The fourth-order valence-electron chi connectivity index (χ4n) is 3.48. The number of H-pyrrole nitrogens is 1. The topological polar surface area (TPSA) is 127 Å². The molecule has 1 fully saturated rings. The van der Waals surface area contributed by atoms with Gasteiger partial charge in [0.15, 0.2) is 0 Å². The van der Waals surface area contributed by atoms with Gasteiger partial charge in [0.1, 0.15) is 23.8 Å². The van der Waals surface area contributed by atoms with Crippen molar-refractivity contribution in [3.05, 3.63) is 62.7 Å². The maximum atomic E-state index is 13.2. The number of carbonyl (C=O) groups is 2. The van der Waals surface area contributed by atoms with Crippen LogP contribution in [0.1, 0.15) is 22.3 Å². The van der Waals surface area contributed by atoms with Crippen molar-refractivity contribution in [1.82, 2.24) is 15.2 Å². The molecule has 11 heteroatoms. The number of benzene rings is 1. The van der Waals surface area contributed by atoms with E-state index in [2.05, 4.69) is 10.3 Å². The number of likely N-dealkylation sites (tertiary alicyclic amines) is 1. The Morgan fingerprint density at radius 3 is 2.88 bits per heavy atom. The van der Waals surface area contributed by atoms with Crippen molar-refractivity contribution in [3.8, 4) is 0 Å². The number of nitrogens with zero attached hydrogens (tertiary/aromatic N) is 1. The van der Waals surface area contributed by atoms with Crippen molar-refractivity contribution in [3.63, 3.8) is 0 Å². The number of nitrogen functional groups attached to an aromatic ring is 1. The highest BCUT2D eigenvalue weighted by atomic mass is 35.5. The summed E-state index contributed by atoms with van der Waals surface area (Å²) in [4.78, 5) is 40.9. The molecule has 2 aromatic rings. The number of carbonyl (C=O) groups excluding carboxylic acids is 2. The van der Waals surface area contributed by atoms with Gasteiger partial charge in [0.2, 0.25) is 0 Å². The second-order valence-corrected chi connectivity index (χ2v) is 7.85. The Bertz CT molecular complexity index is 1050. The van der Waals surface area contributed by atoms with Crippen LogP contribution in [0.2, 0.25) is 5.02 Å². The van der Waals surface area contributed by atoms with Crippen LogP contribution in [0.5, 0.6) is 0 Å². The molecular formula is C21H24ClFN4O5. The van der Waals surface area contributed by atoms with Gasteiger partial charge >= 0.3 is 5.97 Å². The first-order valence-electron chi connectivity index (χ1n) is 9.91. The Hall–Kier alpha value is -2.95. The van der Waals surface area contributed by atoms with Gasteiger partial charge in [-0.3, -0.25) is 19.3 Å². The third kappa shape index (κ3) is 6.06. The van der Waals surface area contributed by atoms with Crippen molar-refractivity contribution in [2.24, 2.45) is 0 Å². The zero-order valence-electron chi connectivity index (χ0n) is 17.4. The average molecular weight is 467 g/mol. The molecule has 0 saturated carbocycles. The molecule has 1 aromatic heterocycles. The Labute approximate surface area is 188 Å². The number of hydrogen-bond donors (Lipinski definition) is 3. The number of esters is 1. The second kappa shape index (κ2) is 10.6. The average Bonchev–Trinajstić information content (AvgIpc) is 2.75. The number of aromatic amines is 1. The first-order valence-corrected chi connectivity index (χ1v) is 10.3. The molecule has 1 aliphatic heterocycles. The lowest BCUT2D eigenvalue weighted by Crippen LogP contribution is -2.56. The molecule has 0 bridgehead atoms. The number of nitrogens with two attached hydrogens (primary N) is 1. The second-order valence-electron chi connectivity index (χ2n) is 7.44. The van der Waals surface area contributed by atoms with Crippen molar-refractivity contribution in [1.29, 1.82) is 0 Å². The Morgan fingerprint density at radius 2 is 2.16 bits per heavy atom. The third-order valence-corrected chi connectivity index (χ3v) is 5.48. The number of amides is 1. The van der Waals surface area contributed by atoms with Gasteiger partial charge in [-0.05, 0) is 30.2 Å². The van der Waals surface area contributed by atoms with E-state index < -0.39 is 29.4 Å². The lowest BCUT2D eigenvalue weighted by atomic mass is 10.0. The predicted molar refractivity (Wildman–Crippen MR) is 116 cm³/mol. The summed E-state index contributed by atoms with van der Waals surface area (Å²) >= 11 is 5.90. The van der Waals surface area contributed by atoms with Gasteiger partial charge in [-0.15, -0.1) is 0 Å². The summed E-state index contributed by atoms with van der Waals surface area (Å²) in [5.41, 5.74) is 5.30. The van der Waals surface area contributed by atoms with E-state index in [1.165, 1.54) is 25.3 Å². The summed E-state index contributed by atoms with van der Waals surface area (Å²) in [7, 11) is 1.50. The van der Waals surface area contributed by atoms with Crippen molar-refractivity contribution < 1.29 is 23.5 Å². The summed E-state index contributed by atoms with van der Waals surface area (Å²) in [6.07, 6.45) is 0.0780. The van der Waals surface area contributed by atoms with Crippen LogP contribution in [0.15, 0.2) is 35.1 Å². The molecule has 0 spiro atoms. The fraction of sp³-hybridized carbons (Fsp3) is 0.381. The van der Waals surface area contributed by atoms with Crippen molar-refractivity contribution in [2.45, 2.75) is 25.2 Å². The zero-order valence-corrected chi connectivity index (χ0v) is 18.2. The third-order valence-electron chi connectivity index (χ3n) is 5.17. The normalized spacial score (nSPS) is 18.8. The van der Waals surface area contributed by atoms with Gasteiger partial charge in [-0.2, -0.15) is 0 Å². The number of methoxy groups -OCH3 is 1. The molecule has 0 unspecified atom stereocenters. The Balaban J connectivity index is 1.53. The van der Waals surface area contributed by atoms with E-state index in [-0.39, 0.29) is 35.6 Å². The smallest absolute Gasteiger partial charge is 0.320 e. The molecule has 1 saturated heterocycles. The summed E-state index contributed by atoms with van der Waals surface area (Å²) in [5, 5.41) is 2.86.